The average Bonchev–Trinajstić information content (AvgIpc) is 3.22. The number of benzene rings is 2. The molecule has 6 nitrogen and oxygen atoms in total. The molecule has 2 aromatic carbocycles. The van der Waals surface area contributed by atoms with E-state index in [-0.39, 0.29) is 24.1 Å². The third kappa shape index (κ3) is 5.02. The van der Waals surface area contributed by atoms with E-state index in [2.05, 4.69) is 62.0 Å². The lowest BCUT2D eigenvalue weighted by Gasteiger charge is -2.33. The van der Waals surface area contributed by atoms with Crippen molar-refractivity contribution >= 4 is 84.3 Å². The lowest BCUT2D eigenvalue weighted by atomic mass is 9.60. The summed E-state index contributed by atoms with van der Waals surface area (Å²) in [5.74, 6) is -0.166. The lowest BCUT2D eigenvalue weighted by molar-refractivity contribution is -0.136. The van der Waals surface area contributed by atoms with E-state index in [0.717, 1.165) is 18.5 Å². The van der Waals surface area contributed by atoms with Crippen LogP contribution in [0.25, 0.3) is 0 Å². The molecule has 11 heteroatoms. The Balaban J connectivity index is 1.28. The highest BCUT2D eigenvalue weighted by Crippen LogP contribution is 2.31. The highest BCUT2D eigenvalue weighted by molar-refractivity contribution is 6.67. The first-order chi connectivity index (χ1) is 18.2. The van der Waals surface area contributed by atoms with Gasteiger partial charge in [0.1, 0.15) is 45.3 Å². The molecule has 1 unspecified atom stereocenters. The minimum Gasteiger partial charge on any atom is -0.322 e. The Kier molecular flexibility index (Phi) is 7.68. The van der Waals surface area contributed by atoms with Gasteiger partial charge in [-0.25, -0.2) is 0 Å². The zero-order valence-corrected chi connectivity index (χ0v) is 23.5. The Morgan fingerprint density at radius 1 is 0.895 bits per heavy atom. The van der Waals surface area contributed by atoms with Gasteiger partial charge in [0.05, 0.1) is 0 Å². The molecular weight excluding hydrogens is 468 g/mol. The maximum Gasteiger partial charge on any atom is 0.255 e. The van der Waals surface area contributed by atoms with Gasteiger partial charge in [-0.05, 0) is 54.4 Å². The number of nitrogens with one attached hydrogen (secondary N) is 2. The van der Waals surface area contributed by atoms with Crippen LogP contribution in [0.3, 0.4) is 0 Å². The van der Waals surface area contributed by atoms with E-state index in [9.17, 15) is 14.4 Å². The highest BCUT2D eigenvalue weighted by Gasteiger charge is 2.39. The molecule has 3 amide bonds. The van der Waals surface area contributed by atoms with Crippen LogP contribution in [0.1, 0.15) is 65.6 Å². The molecule has 2 N–H and O–H groups in total. The topological polar surface area (TPSA) is 78.5 Å². The second kappa shape index (κ2) is 10.8. The van der Waals surface area contributed by atoms with Crippen LogP contribution in [-0.2, 0) is 29.1 Å². The highest BCUT2D eigenvalue weighted by atomic mass is 16.2. The first-order valence-corrected chi connectivity index (χ1v) is 14.2. The molecule has 3 aliphatic rings. The molecule has 192 valence electrons. The summed E-state index contributed by atoms with van der Waals surface area (Å²) in [5.41, 5.74) is 11.4. The number of nitrogens with zero attached hydrogens (tertiary/aromatic N) is 1. The predicted molar refractivity (Wildman–Crippen MR) is 166 cm³/mol. The second-order valence-electron chi connectivity index (χ2n) is 11.7. The Morgan fingerprint density at radius 3 is 2.29 bits per heavy atom. The Bertz CT molecular complexity index is 1290. The maximum atomic E-state index is 13.1. The van der Waals surface area contributed by atoms with Gasteiger partial charge < -0.3 is 10.2 Å². The smallest absolute Gasteiger partial charge is 0.255 e. The van der Waals surface area contributed by atoms with Crippen molar-refractivity contribution < 1.29 is 14.4 Å². The molecule has 0 spiro atoms. The van der Waals surface area contributed by atoms with Gasteiger partial charge in [0, 0.05) is 31.1 Å². The van der Waals surface area contributed by atoms with Crippen molar-refractivity contribution in [1.29, 1.82) is 0 Å². The van der Waals surface area contributed by atoms with Gasteiger partial charge >= 0.3 is 0 Å². The zero-order chi connectivity index (χ0) is 27.1. The SMILES string of the molecule is Bc1c(B)c(B)c(CN[C@H]2CCCC[C@@H]2Cc2ccc3c(c2)CN(C2CCC(=O)NC2=O)C3=O)c(B)c1B. The summed E-state index contributed by atoms with van der Waals surface area (Å²) in [5, 5.41) is 6.33. The van der Waals surface area contributed by atoms with E-state index < -0.39 is 6.04 Å². The molecular formula is C27H36B5N3O3. The largest absolute Gasteiger partial charge is 0.322 e. The number of fused-ring (bicyclic) bond motifs is 1. The minimum absolute atomic E-state index is 0.104. The molecule has 5 rings (SSSR count). The number of carbonyl (C=O) groups is 3. The quantitative estimate of drug-likeness (QED) is 0.304. The van der Waals surface area contributed by atoms with Crippen LogP contribution in [0.15, 0.2) is 18.2 Å². The van der Waals surface area contributed by atoms with Gasteiger partial charge in [-0.2, -0.15) is 0 Å². The summed E-state index contributed by atoms with van der Waals surface area (Å²) in [7, 11) is 11.2. The summed E-state index contributed by atoms with van der Waals surface area (Å²) >= 11 is 0. The number of imide groups is 1. The monoisotopic (exact) mass is 505 g/mol. The third-order valence-corrected chi connectivity index (χ3v) is 9.69. The van der Waals surface area contributed by atoms with Gasteiger partial charge in [-0.1, -0.05) is 35.9 Å². The van der Waals surface area contributed by atoms with E-state index >= 15 is 0 Å². The molecule has 1 aliphatic carbocycles. The van der Waals surface area contributed by atoms with Crippen molar-refractivity contribution in [2.24, 2.45) is 5.92 Å². The summed E-state index contributed by atoms with van der Waals surface area (Å²) in [6, 6.07) is 6.11. The number of hydrogen-bond donors (Lipinski definition) is 2. The van der Waals surface area contributed by atoms with Gasteiger partial charge in [-0.15, -0.1) is 16.4 Å². The van der Waals surface area contributed by atoms with Crippen molar-refractivity contribution in [3.63, 3.8) is 0 Å². The molecule has 2 heterocycles. The van der Waals surface area contributed by atoms with Crippen LogP contribution < -0.4 is 37.9 Å². The van der Waals surface area contributed by atoms with Crippen LogP contribution in [0.5, 0.6) is 0 Å². The standard InChI is InChI=1S/C27H36B5N3O3/c28-21-17(22(29)24(31)25(32)23(21)30)11-33-18-4-2-1-3-14(18)9-13-5-6-16-15(10-13)12-35(27(16)38)19-7-8-20(36)34-26(19)37/h5-6,10,14,18-19,33H,1-4,7-9,11-12,28-32H2,(H,34,36,37)/t14-,18+,19?/m1/s1. The van der Waals surface area contributed by atoms with Gasteiger partial charge in [-0.3, -0.25) is 19.7 Å². The van der Waals surface area contributed by atoms with Crippen molar-refractivity contribution in [3.8, 4) is 0 Å². The molecule has 0 radical (unpaired) electrons. The summed E-state index contributed by atoms with van der Waals surface area (Å²) in [4.78, 5) is 38.6. The fraction of sp³-hybridized carbons (Fsp3) is 0.444. The zero-order valence-electron chi connectivity index (χ0n) is 23.5. The number of piperidine rings is 1. The Labute approximate surface area is 230 Å². The van der Waals surface area contributed by atoms with Crippen LogP contribution >= 0.6 is 0 Å². The van der Waals surface area contributed by atoms with E-state index in [1.165, 1.54) is 64.1 Å². The minimum atomic E-state index is -0.566. The molecule has 3 atom stereocenters. The summed E-state index contributed by atoms with van der Waals surface area (Å²) < 4.78 is 0. The fourth-order valence-electron chi connectivity index (χ4n) is 6.85. The first kappa shape index (κ1) is 26.9. The fourth-order valence-corrected chi connectivity index (χ4v) is 6.85. The van der Waals surface area contributed by atoms with E-state index in [0.29, 0.717) is 30.5 Å². The van der Waals surface area contributed by atoms with E-state index in [1.54, 1.807) is 4.90 Å². The maximum absolute atomic E-state index is 13.1. The first-order valence-electron chi connectivity index (χ1n) is 14.2. The van der Waals surface area contributed by atoms with E-state index in [1.807, 2.05) is 6.07 Å². The lowest BCUT2D eigenvalue weighted by Crippen LogP contribution is -2.57. The Hall–Kier alpha value is -2.67. The molecule has 2 aromatic rings. The summed E-state index contributed by atoms with van der Waals surface area (Å²) in [6.07, 6.45) is 6.58. The van der Waals surface area contributed by atoms with Gasteiger partial charge in [0.2, 0.25) is 11.8 Å². The van der Waals surface area contributed by atoms with E-state index in [4.69, 9.17) is 0 Å². The molecule has 1 saturated heterocycles. The number of hydrogen-bond acceptors (Lipinski definition) is 4. The van der Waals surface area contributed by atoms with Gasteiger partial charge in [0.25, 0.3) is 5.91 Å². The van der Waals surface area contributed by atoms with Crippen molar-refractivity contribution in [2.45, 2.75) is 70.1 Å². The van der Waals surface area contributed by atoms with Gasteiger partial charge in [0.15, 0.2) is 0 Å². The van der Waals surface area contributed by atoms with Crippen LogP contribution in [0, 0.1) is 5.92 Å². The third-order valence-electron chi connectivity index (χ3n) is 9.69. The molecule has 2 aliphatic heterocycles. The van der Waals surface area contributed by atoms with Crippen LogP contribution in [-0.4, -0.2) is 73.9 Å². The molecule has 38 heavy (non-hydrogen) atoms. The van der Waals surface area contributed by atoms with Crippen molar-refractivity contribution in [3.05, 3.63) is 40.5 Å². The second-order valence-corrected chi connectivity index (χ2v) is 11.7. The normalized spacial score (nSPS) is 23.4. The van der Waals surface area contributed by atoms with Crippen LogP contribution in [0.2, 0.25) is 0 Å². The van der Waals surface area contributed by atoms with Crippen molar-refractivity contribution in [1.82, 2.24) is 15.5 Å². The molecule has 2 fully saturated rings. The van der Waals surface area contributed by atoms with Crippen LogP contribution in [0.4, 0.5) is 0 Å². The number of amides is 3. The summed E-state index contributed by atoms with van der Waals surface area (Å²) in [6.45, 7) is 1.34. The number of rotatable bonds is 6. The predicted octanol–water partition coefficient (Wildman–Crippen LogP) is -5.37. The average molecular weight is 505 g/mol. The molecule has 0 aromatic heterocycles. The Morgan fingerprint density at radius 2 is 1.58 bits per heavy atom. The number of carbonyl (C=O) groups excluding carboxylic acids is 3. The molecule has 1 saturated carbocycles. The van der Waals surface area contributed by atoms with Crippen molar-refractivity contribution in [2.75, 3.05) is 0 Å². The molecule has 0 bridgehead atoms.